The summed E-state index contributed by atoms with van der Waals surface area (Å²) in [5.74, 6) is 1.94. The van der Waals surface area contributed by atoms with E-state index in [4.69, 9.17) is 4.74 Å². The van der Waals surface area contributed by atoms with Crippen LogP contribution in [0.5, 0.6) is 5.75 Å². The Labute approximate surface area is 159 Å². The molecule has 0 radical (unpaired) electrons. The number of benzene rings is 2. The molecule has 5 nitrogen and oxygen atoms in total. The second kappa shape index (κ2) is 7.66. The number of amides is 1. The maximum absolute atomic E-state index is 11.8. The standard InChI is InChI=1S/C22H23N3O2/c1-24-15-19(10-11-21(24)26)25-13-12-23-22(25)18-8-5-9-20(14-18)27-16-17-6-3-2-4-7-17/h2-9,12-14,19H,10-11,15-16H2,1H3/t19-/m0/s1. The molecule has 0 N–H and O–H groups in total. The number of likely N-dealkylation sites (N-methyl/N-ethyl adjacent to an activating group) is 1. The van der Waals surface area contributed by atoms with E-state index in [1.807, 2.05) is 61.9 Å². The lowest BCUT2D eigenvalue weighted by molar-refractivity contribution is -0.132. The fourth-order valence-corrected chi connectivity index (χ4v) is 3.51. The SMILES string of the molecule is CN1C[C@@H](n2ccnc2-c2cccc(OCc3ccccc3)c2)CCC1=O. The minimum Gasteiger partial charge on any atom is -0.489 e. The number of piperidine rings is 1. The number of imidazole rings is 1. The number of carbonyl (C=O) groups is 1. The number of carbonyl (C=O) groups excluding carboxylic acids is 1. The molecule has 2 aromatic carbocycles. The third-order valence-electron chi connectivity index (χ3n) is 5.00. The summed E-state index contributed by atoms with van der Waals surface area (Å²) in [6, 6.07) is 18.4. The number of aromatic nitrogens is 2. The zero-order valence-electron chi connectivity index (χ0n) is 15.4. The monoisotopic (exact) mass is 361 g/mol. The van der Waals surface area contributed by atoms with Gasteiger partial charge in [0.1, 0.15) is 18.2 Å². The Morgan fingerprint density at radius 1 is 1.15 bits per heavy atom. The summed E-state index contributed by atoms with van der Waals surface area (Å²) >= 11 is 0. The highest BCUT2D eigenvalue weighted by molar-refractivity contribution is 5.76. The summed E-state index contributed by atoms with van der Waals surface area (Å²) in [4.78, 5) is 18.2. The lowest BCUT2D eigenvalue weighted by atomic mass is 10.0. The van der Waals surface area contributed by atoms with Crippen molar-refractivity contribution in [1.29, 1.82) is 0 Å². The van der Waals surface area contributed by atoms with Crippen LogP contribution in [0.1, 0.15) is 24.4 Å². The molecular weight excluding hydrogens is 338 g/mol. The second-order valence-corrected chi connectivity index (χ2v) is 6.93. The summed E-state index contributed by atoms with van der Waals surface area (Å²) in [5.41, 5.74) is 2.16. The van der Waals surface area contributed by atoms with Gasteiger partial charge in [-0.25, -0.2) is 4.98 Å². The zero-order chi connectivity index (χ0) is 18.6. The van der Waals surface area contributed by atoms with Gasteiger partial charge in [-0.2, -0.15) is 0 Å². The van der Waals surface area contributed by atoms with Gasteiger partial charge in [0.05, 0.1) is 6.04 Å². The maximum atomic E-state index is 11.8. The average Bonchev–Trinajstić information content (AvgIpc) is 3.19. The van der Waals surface area contributed by atoms with Gasteiger partial charge >= 0.3 is 0 Å². The van der Waals surface area contributed by atoms with Crippen molar-refractivity contribution in [1.82, 2.24) is 14.5 Å². The third kappa shape index (κ3) is 3.87. The van der Waals surface area contributed by atoms with E-state index in [9.17, 15) is 4.79 Å². The quantitative estimate of drug-likeness (QED) is 0.692. The average molecular weight is 361 g/mol. The predicted octanol–water partition coefficient (Wildman–Crippen LogP) is 3.92. The lowest BCUT2D eigenvalue weighted by Gasteiger charge is -2.31. The van der Waals surface area contributed by atoms with E-state index in [2.05, 4.69) is 21.7 Å². The molecule has 4 rings (SSSR count). The smallest absolute Gasteiger partial charge is 0.222 e. The zero-order valence-corrected chi connectivity index (χ0v) is 15.4. The van der Waals surface area contributed by atoms with Crippen molar-refractivity contribution >= 4 is 5.91 Å². The Morgan fingerprint density at radius 2 is 2.00 bits per heavy atom. The van der Waals surface area contributed by atoms with Gasteiger partial charge in [0.15, 0.2) is 0 Å². The van der Waals surface area contributed by atoms with E-state index < -0.39 is 0 Å². The molecule has 1 amide bonds. The minimum atomic E-state index is 0.212. The van der Waals surface area contributed by atoms with Crippen LogP contribution in [0.15, 0.2) is 67.0 Å². The topological polar surface area (TPSA) is 47.4 Å². The Balaban J connectivity index is 1.53. The van der Waals surface area contributed by atoms with Crippen molar-refractivity contribution < 1.29 is 9.53 Å². The highest BCUT2D eigenvalue weighted by Crippen LogP contribution is 2.29. The molecule has 1 atom stereocenters. The molecule has 0 spiro atoms. The molecule has 1 aliphatic heterocycles. The molecule has 3 aromatic rings. The molecule has 5 heteroatoms. The Hall–Kier alpha value is -3.08. The third-order valence-corrected chi connectivity index (χ3v) is 5.00. The number of rotatable bonds is 5. The number of ether oxygens (including phenoxy) is 1. The molecule has 1 saturated heterocycles. The van der Waals surface area contributed by atoms with Crippen molar-refractivity contribution in [2.24, 2.45) is 0 Å². The van der Waals surface area contributed by atoms with Gasteiger partial charge < -0.3 is 14.2 Å². The van der Waals surface area contributed by atoms with Crippen molar-refractivity contribution in [3.05, 3.63) is 72.6 Å². The fraction of sp³-hybridized carbons (Fsp3) is 0.273. The molecular formula is C22H23N3O2. The largest absolute Gasteiger partial charge is 0.489 e. The molecule has 138 valence electrons. The van der Waals surface area contributed by atoms with Crippen LogP contribution in [0.2, 0.25) is 0 Å². The van der Waals surface area contributed by atoms with Crippen molar-refractivity contribution in [3.8, 4) is 17.1 Å². The fourth-order valence-electron chi connectivity index (χ4n) is 3.51. The van der Waals surface area contributed by atoms with Gasteiger partial charge in [0.2, 0.25) is 5.91 Å². The number of nitrogens with zero attached hydrogens (tertiary/aromatic N) is 3. The number of likely N-dealkylation sites (tertiary alicyclic amines) is 1. The molecule has 0 unspecified atom stereocenters. The van der Waals surface area contributed by atoms with Crippen molar-refractivity contribution in [2.45, 2.75) is 25.5 Å². The number of hydrogen-bond acceptors (Lipinski definition) is 3. The summed E-state index contributed by atoms with van der Waals surface area (Å²) in [6.45, 7) is 1.25. The molecule has 1 fully saturated rings. The normalized spacial score (nSPS) is 17.1. The first-order valence-electron chi connectivity index (χ1n) is 9.24. The maximum Gasteiger partial charge on any atom is 0.222 e. The van der Waals surface area contributed by atoms with Crippen molar-refractivity contribution in [2.75, 3.05) is 13.6 Å². The Bertz CT molecular complexity index is 920. The van der Waals surface area contributed by atoms with Crippen molar-refractivity contribution in [3.63, 3.8) is 0 Å². The first kappa shape index (κ1) is 17.3. The summed E-state index contributed by atoms with van der Waals surface area (Å²) in [6.07, 6.45) is 5.25. The van der Waals surface area contributed by atoms with Gasteiger partial charge in [0.25, 0.3) is 0 Å². The van der Waals surface area contributed by atoms with Gasteiger partial charge in [-0.05, 0) is 24.1 Å². The van der Waals surface area contributed by atoms with E-state index in [1.165, 1.54) is 0 Å². The Morgan fingerprint density at radius 3 is 2.81 bits per heavy atom. The van der Waals surface area contributed by atoms with Crippen LogP contribution in [0, 0.1) is 0 Å². The van der Waals surface area contributed by atoms with E-state index in [-0.39, 0.29) is 11.9 Å². The second-order valence-electron chi connectivity index (χ2n) is 6.93. The van der Waals surface area contributed by atoms with Crippen LogP contribution < -0.4 is 4.74 Å². The van der Waals surface area contributed by atoms with Crippen LogP contribution in [0.3, 0.4) is 0 Å². The minimum absolute atomic E-state index is 0.212. The van der Waals surface area contributed by atoms with E-state index in [0.717, 1.165) is 29.1 Å². The molecule has 1 aromatic heterocycles. The molecule has 1 aliphatic rings. The van der Waals surface area contributed by atoms with Crippen LogP contribution in [0.4, 0.5) is 0 Å². The van der Waals surface area contributed by atoms with Gasteiger partial charge in [-0.15, -0.1) is 0 Å². The molecule has 0 saturated carbocycles. The summed E-state index contributed by atoms with van der Waals surface area (Å²) in [5, 5.41) is 0. The predicted molar refractivity (Wildman–Crippen MR) is 104 cm³/mol. The van der Waals surface area contributed by atoms with Crippen LogP contribution in [-0.4, -0.2) is 34.0 Å². The van der Waals surface area contributed by atoms with E-state index in [0.29, 0.717) is 19.6 Å². The molecule has 0 aliphatic carbocycles. The van der Waals surface area contributed by atoms with E-state index in [1.54, 1.807) is 4.90 Å². The van der Waals surface area contributed by atoms with Crippen LogP contribution in [0.25, 0.3) is 11.4 Å². The summed E-state index contributed by atoms with van der Waals surface area (Å²) < 4.78 is 8.14. The first-order valence-corrected chi connectivity index (χ1v) is 9.24. The van der Waals surface area contributed by atoms with Crippen LogP contribution >= 0.6 is 0 Å². The molecule has 2 heterocycles. The van der Waals surface area contributed by atoms with E-state index >= 15 is 0 Å². The highest BCUT2D eigenvalue weighted by atomic mass is 16.5. The first-order chi connectivity index (χ1) is 13.2. The molecule has 27 heavy (non-hydrogen) atoms. The van der Waals surface area contributed by atoms with Gasteiger partial charge in [-0.1, -0.05) is 42.5 Å². The molecule has 0 bridgehead atoms. The van der Waals surface area contributed by atoms with Crippen LogP contribution in [-0.2, 0) is 11.4 Å². The Kier molecular flexibility index (Phi) is 4.92. The number of hydrogen-bond donors (Lipinski definition) is 0. The summed E-state index contributed by atoms with van der Waals surface area (Å²) in [7, 11) is 1.86. The van der Waals surface area contributed by atoms with Gasteiger partial charge in [-0.3, -0.25) is 4.79 Å². The van der Waals surface area contributed by atoms with Gasteiger partial charge in [0, 0.05) is 38.0 Å². The lowest BCUT2D eigenvalue weighted by Crippen LogP contribution is -2.37. The highest BCUT2D eigenvalue weighted by Gasteiger charge is 2.25.